The molecule has 1 aromatic heterocycles. The first-order valence-electron chi connectivity index (χ1n) is 6.61. The predicted octanol–water partition coefficient (Wildman–Crippen LogP) is 4.14. The number of halogens is 2. The van der Waals surface area contributed by atoms with Crippen LogP contribution >= 0.6 is 22.9 Å². The summed E-state index contributed by atoms with van der Waals surface area (Å²) in [6, 6.07) is 6.47. The summed E-state index contributed by atoms with van der Waals surface area (Å²) in [5.41, 5.74) is 1.95. The van der Waals surface area contributed by atoms with Crippen molar-refractivity contribution < 1.29 is 9.18 Å². The maximum atomic E-state index is 13.1. The van der Waals surface area contributed by atoms with E-state index in [1.165, 1.54) is 28.6 Å². The molecule has 0 bridgehead atoms. The van der Waals surface area contributed by atoms with Crippen LogP contribution in [0.15, 0.2) is 35.7 Å². The second kappa shape index (κ2) is 6.00. The number of amides is 1. The van der Waals surface area contributed by atoms with Gasteiger partial charge in [0.15, 0.2) is 0 Å². The Morgan fingerprint density at radius 1 is 1.38 bits per heavy atom. The molecule has 108 valence electrons. The van der Waals surface area contributed by atoms with Crippen LogP contribution in [0.3, 0.4) is 0 Å². The van der Waals surface area contributed by atoms with E-state index in [1.54, 1.807) is 23.5 Å². The van der Waals surface area contributed by atoms with Gasteiger partial charge in [0.05, 0.1) is 5.02 Å². The summed E-state index contributed by atoms with van der Waals surface area (Å²) < 4.78 is 13.1. The third-order valence-electron chi connectivity index (χ3n) is 3.48. The molecule has 3 rings (SSSR count). The van der Waals surface area contributed by atoms with Crippen LogP contribution < -0.4 is 0 Å². The molecule has 1 aliphatic rings. The number of hydrogen-bond acceptors (Lipinski definition) is 2. The second-order valence-corrected chi connectivity index (χ2v) is 6.29. The highest BCUT2D eigenvalue weighted by atomic mass is 35.5. The Morgan fingerprint density at radius 3 is 3.05 bits per heavy atom. The molecule has 2 nitrogen and oxygen atoms in total. The first-order chi connectivity index (χ1) is 10.1. The molecule has 0 unspecified atom stereocenters. The standard InChI is InChI=1S/C16H13ClFNOS/c17-13-9-11(1-3-14(13)18)2-4-16(20)19-7-5-15-12(10-19)6-8-21-15/h1-4,6,8-9H,5,7,10H2. The van der Waals surface area contributed by atoms with E-state index in [0.717, 1.165) is 13.0 Å². The minimum absolute atomic E-state index is 0.0349. The number of nitrogens with zero attached hydrogens (tertiary/aromatic N) is 1. The zero-order valence-corrected chi connectivity index (χ0v) is 12.8. The molecule has 0 spiro atoms. The van der Waals surface area contributed by atoms with Crippen LogP contribution in [-0.4, -0.2) is 17.4 Å². The normalized spacial score (nSPS) is 14.5. The number of carbonyl (C=O) groups excluding carboxylic acids is 1. The molecule has 1 aliphatic heterocycles. The number of thiophene rings is 1. The molecular weight excluding hydrogens is 309 g/mol. The fourth-order valence-corrected chi connectivity index (χ4v) is 3.40. The van der Waals surface area contributed by atoms with Crippen molar-refractivity contribution in [1.82, 2.24) is 4.90 Å². The molecule has 0 fully saturated rings. The van der Waals surface area contributed by atoms with Crippen molar-refractivity contribution in [2.24, 2.45) is 0 Å². The van der Waals surface area contributed by atoms with Gasteiger partial charge in [-0.25, -0.2) is 4.39 Å². The highest BCUT2D eigenvalue weighted by Crippen LogP contribution is 2.24. The molecule has 2 aromatic rings. The van der Waals surface area contributed by atoms with Gasteiger partial charge >= 0.3 is 0 Å². The monoisotopic (exact) mass is 321 g/mol. The Labute approximate surface area is 131 Å². The van der Waals surface area contributed by atoms with Crippen LogP contribution in [0.1, 0.15) is 16.0 Å². The van der Waals surface area contributed by atoms with Gasteiger partial charge in [0.25, 0.3) is 0 Å². The van der Waals surface area contributed by atoms with E-state index in [2.05, 4.69) is 11.4 Å². The Morgan fingerprint density at radius 2 is 2.24 bits per heavy atom. The quantitative estimate of drug-likeness (QED) is 0.761. The van der Waals surface area contributed by atoms with Crippen LogP contribution in [0.25, 0.3) is 6.08 Å². The third kappa shape index (κ3) is 3.17. The van der Waals surface area contributed by atoms with Gasteiger partial charge in [0, 0.05) is 24.0 Å². The number of fused-ring (bicyclic) bond motifs is 1. The first kappa shape index (κ1) is 14.3. The van der Waals surface area contributed by atoms with Gasteiger partial charge in [-0.2, -0.15) is 0 Å². The van der Waals surface area contributed by atoms with E-state index in [0.29, 0.717) is 12.1 Å². The van der Waals surface area contributed by atoms with Crippen LogP contribution in [0, 0.1) is 5.82 Å². The molecule has 0 aliphatic carbocycles. The Balaban J connectivity index is 1.69. The van der Waals surface area contributed by atoms with E-state index in [4.69, 9.17) is 11.6 Å². The molecule has 0 radical (unpaired) electrons. The minimum atomic E-state index is -0.457. The second-order valence-electron chi connectivity index (χ2n) is 4.89. The summed E-state index contributed by atoms with van der Waals surface area (Å²) in [5.74, 6) is -0.492. The Hall–Kier alpha value is -1.65. The molecule has 5 heteroatoms. The number of hydrogen-bond donors (Lipinski definition) is 0. The molecule has 1 aromatic carbocycles. The van der Waals surface area contributed by atoms with Gasteiger partial charge in [-0.05, 0) is 47.2 Å². The summed E-state index contributed by atoms with van der Waals surface area (Å²) in [7, 11) is 0. The maximum Gasteiger partial charge on any atom is 0.246 e. The smallest absolute Gasteiger partial charge is 0.246 e. The van der Waals surface area contributed by atoms with Gasteiger partial charge in [-0.15, -0.1) is 11.3 Å². The molecule has 0 N–H and O–H groups in total. The maximum absolute atomic E-state index is 13.1. The average Bonchev–Trinajstić information content (AvgIpc) is 2.95. The lowest BCUT2D eigenvalue weighted by molar-refractivity contribution is -0.126. The summed E-state index contributed by atoms with van der Waals surface area (Å²) in [4.78, 5) is 15.4. The zero-order valence-electron chi connectivity index (χ0n) is 11.2. The molecular formula is C16H13ClFNOS. The third-order valence-corrected chi connectivity index (χ3v) is 4.79. The average molecular weight is 322 g/mol. The highest BCUT2D eigenvalue weighted by molar-refractivity contribution is 7.10. The van der Waals surface area contributed by atoms with Gasteiger partial charge < -0.3 is 4.90 Å². The summed E-state index contributed by atoms with van der Waals surface area (Å²) in [5, 5.41) is 2.13. The minimum Gasteiger partial charge on any atom is -0.334 e. The van der Waals surface area contributed by atoms with Crippen molar-refractivity contribution in [1.29, 1.82) is 0 Å². The molecule has 0 atom stereocenters. The fraction of sp³-hybridized carbons (Fsp3) is 0.188. The van der Waals surface area contributed by atoms with Crippen LogP contribution in [0.2, 0.25) is 5.02 Å². The van der Waals surface area contributed by atoms with Gasteiger partial charge in [0.2, 0.25) is 5.91 Å². The molecule has 0 saturated heterocycles. The fourth-order valence-electron chi connectivity index (χ4n) is 2.33. The molecule has 2 heterocycles. The lowest BCUT2D eigenvalue weighted by atomic mass is 10.1. The van der Waals surface area contributed by atoms with E-state index >= 15 is 0 Å². The number of carbonyl (C=O) groups is 1. The molecule has 1 amide bonds. The van der Waals surface area contributed by atoms with Crippen LogP contribution in [-0.2, 0) is 17.8 Å². The van der Waals surface area contributed by atoms with E-state index in [1.807, 2.05) is 4.90 Å². The van der Waals surface area contributed by atoms with E-state index in [-0.39, 0.29) is 10.9 Å². The van der Waals surface area contributed by atoms with Gasteiger partial charge in [0.1, 0.15) is 5.82 Å². The van der Waals surface area contributed by atoms with Crippen molar-refractivity contribution in [3.63, 3.8) is 0 Å². The molecule has 21 heavy (non-hydrogen) atoms. The van der Waals surface area contributed by atoms with Gasteiger partial charge in [-0.1, -0.05) is 17.7 Å². The van der Waals surface area contributed by atoms with E-state index in [9.17, 15) is 9.18 Å². The first-order valence-corrected chi connectivity index (χ1v) is 7.86. The lowest BCUT2D eigenvalue weighted by Crippen LogP contribution is -2.34. The predicted molar refractivity (Wildman–Crippen MR) is 83.9 cm³/mol. The summed E-state index contributed by atoms with van der Waals surface area (Å²) in [6.07, 6.45) is 4.09. The SMILES string of the molecule is O=C(C=Cc1ccc(F)c(Cl)c1)N1CCc2sccc2C1. The number of benzene rings is 1. The van der Waals surface area contributed by atoms with Gasteiger partial charge in [-0.3, -0.25) is 4.79 Å². The van der Waals surface area contributed by atoms with Crippen molar-refractivity contribution in [3.05, 3.63) is 62.6 Å². The largest absolute Gasteiger partial charge is 0.334 e. The van der Waals surface area contributed by atoms with Crippen LogP contribution in [0.5, 0.6) is 0 Å². The topological polar surface area (TPSA) is 20.3 Å². The van der Waals surface area contributed by atoms with Crippen LogP contribution in [0.4, 0.5) is 4.39 Å². The highest BCUT2D eigenvalue weighted by Gasteiger charge is 2.19. The number of rotatable bonds is 2. The van der Waals surface area contributed by atoms with Crippen molar-refractivity contribution >= 4 is 34.9 Å². The summed E-state index contributed by atoms with van der Waals surface area (Å²) >= 11 is 7.46. The Bertz CT molecular complexity index is 710. The molecule has 0 saturated carbocycles. The summed E-state index contributed by atoms with van der Waals surface area (Å²) in [6.45, 7) is 1.40. The van der Waals surface area contributed by atoms with Crippen molar-refractivity contribution in [2.45, 2.75) is 13.0 Å². The van der Waals surface area contributed by atoms with Crippen molar-refractivity contribution in [3.8, 4) is 0 Å². The zero-order chi connectivity index (χ0) is 14.8. The van der Waals surface area contributed by atoms with Crippen molar-refractivity contribution in [2.75, 3.05) is 6.54 Å². The lowest BCUT2D eigenvalue weighted by Gasteiger charge is -2.25. The Kier molecular flexibility index (Phi) is 4.08. The van der Waals surface area contributed by atoms with E-state index < -0.39 is 5.82 Å².